The van der Waals surface area contributed by atoms with Crippen LogP contribution in [0.1, 0.15) is 30.0 Å². The van der Waals surface area contributed by atoms with E-state index in [-0.39, 0.29) is 17.1 Å². The Hall–Kier alpha value is -2.65. The fraction of sp³-hybridized carbons (Fsp3) is 0.286. The molecule has 0 saturated heterocycles. The largest absolute Gasteiger partial charge is 0.299 e. The Bertz CT molecular complexity index is 986. The van der Waals surface area contributed by atoms with Gasteiger partial charge in [0.1, 0.15) is 11.1 Å². The minimum atomic E-state index is -0.306. The van der Waals surface area contributed by atoms with Crippen molar-refractivity contribution in [2.24, 2.45) is 0 Å². The van der Waals surface area contributed by atoms with Crippen LogP contribution in [0.25, 0.3) is 11.4 Å². The van der Waals surface area contributed by atoms with E-state index in [1.165, 1.54) is 23.4 Å². The third-order valence-corrected chi connectivity index (χ3v) is 5.67. The Morgan fingerprint density at radius 3 is 2.59 bits per heavy atom. The maximum atomic E-state index is 14.3. The highest BCUT2D eigenvalue weighted by molar-refractivity contribution is 8.00. The first-order valence-electron chi connectivity index (χ1n) is 8.97. The van der Waals surface area contributed by atoms with Gasteiger partial charge in [0.2, 0.25) is 0 Å². The standard InChI is InChI=1S/C21H19FN4S/c1-14-6-8-15(9-7-14)12-17(13-23)27-21-25-24-20(26(21)16-10-11-16)18-4-2-3-5-19(18)22/h2-9,16-17H,10-12H2,1H3. The fourth-order valence-corrected chi connectivity index (χ4v) is 4.04. The summed E-state index contributed by atoms with van der Waals surface area (Å²) in [6.45, 7) is 2.04. The van der Waals surface area contributed by atoms with E-state index in [0.29, 0.717) is 23.0 Å². The van der Waals surface area contributed by atoms with Gasteiger partial charge in [-0.2, -0.15) is 5.26 Å². The zero-order valence-electron chi connectivity index (χ0n) is 15.0. The fourth-order valence-electron chi connectivity index (χ4n) is 3.02. The summed E-state index contributed by atoms with van der Waals surface area (Å²) in [6.07, 6.45) is 2.69. The van der Waals surface area contributed by atoms with Crippen molar-refractivity contribution < 1.29 is 4.39 Å². The van der Waals surface area contributed by atoms with Crippen molar-refractivity contribution >= 4 is 11.8 Å². The summed E-state index contributed by atoms with van der Waals surface area (Å²) in [5, 5.41) is 18.6. The smallest absolute Gasteiger partial charge is 0.193 e. The van der Waals surface area contributed by atoms with Crippen LogP contribution in [0, 0.1) is 24.1 Å². The second-order valence-electron chi connectivity index (χ2n) is 6.81. The minimum absolute atomic E-state index is 0.275. The number of aryl methyl sites for hydroxylation is 1. The third kappa shape index (κ3) is 3.88. The molecule has 136 valence electrons. The first-order chi connectivity index (χ1) is 13.2. The van der Waals surface area contributed by atoms with E-state index in [4.69, 9.17) is 0 Å². The van der Waals surface area contributed by atoms with Crippen LogP contribution in [0.3, 0.4) is 0 Å². The lowest BCUT2D eigenvalue weighted by atomic mass is 10.1. The maximum absolute atomic E-state index is 14.3. The normalized spacial score (nSPS) is 14.7. The second kappa shape index (κ2) is 7.53. The minimum Gasteiger partial charge on any atom is -0.299 e. The summed E-state index contributed by atoms with van der Waals surface area (Å²) in [7, 11) is 0. The molecule has 2 aromatic carbocycles. The molecule has 1 aliphatic carbocycles. The van der Waals surface area contributed by atoms with Crippen molar-refractivity contribution in [3.63, 3.8) is 0 Å². The molecule has 1 aliphatic rings. The lowest BCUT2D eigenvalue weighted by Crippen LogP contribution is -2.07. The molecule has 1 heterocycles. The molecular weight excluding hydrogens is 359 g/mol. The van der Waals surface area contributed by atoms with E-state index < -0.39 is 0 Å². The number of thioether (sulfide) groups is 1. The number of nitriles is 1. The molecule has 1 unspecified atom stereocenters. The number of nitrogens with zero attached hydrogens (tertiary/aromatic N) is 4. The number of benzene rings is 2. The molecule has 0 amide bonds. The SMILES string of the molecule is Cc1ccc(CC(C#N)Sc2nnc(-c3ccccc3F)n2C2CC2)cc1. The molecule has 0 aliphatic heterocycles. The second-order valence-corrected chi connectivity index (χ2v) is 7.98. The van der Waals surface area contributed by atoms with Crippen molar-refractivity contribution in [1.29, 1.82) is 5.26 Å². The Balaban J connectivity index is 1.61. The number of aromatic nitrogens is 3. The molecule has 27 heavy (non-hydrogen) atoms. The van der Waals surface area contributed by atoms with Crippen LogP contribution in [0.5, 0.6) is 0 Å². The van der Waals surface area contributed by atoms with Gasteiger partial charge in [0.05, 0.1) is 11.6 Å². The molecule has 0 N–H and O–H groups in total. The Labute approximate surface area is 162 Å². The molecule has 0 spiro atoms. The van der Waals surface area contributed by atoms with Crippen LogP contribution in [0.2, 0.25) is 0 Å². The van der Waals surface area contributed by atoms with Crippen molar-refractivity contribution in [3.05, 3.63) is 65.5 Å². The molecule has 1 saturated carbocycles. The first-order valence-corrected chi connectivity index (χ1v) is 9.85. The Morgan fingerprint density at radius 2 is 1.93 bits per heavy atom. The topological polar surface area (TPSA) is 54.5 Å². The molecule has 3 aromatic rings. The van der Waals surface area contributed by atoms with E-state index in [1.54, 1.807) is 18.2 Å². The molecule has 0 bridgehead atoms. The molecule has 1 atom stereocenters. The molecule has 6 heteroatoms. The van der Waals surface area contributed by atoms with Crippen LogP contribution in [0.15, 0.2) is 53.7 Å². The predicted molar refractivity (Wildman–Crippen MR) is 104 cm³/mol. The lowest BCUT2D eigenvalue weighted by Gasteiger charge is -2.12. The molecule has 1 fully saturated rings. The summed E-state index contributed by atoms with van der Waals surface area (Å²) < 4.78 is 16.3. The highest BCUT2D eigenvalue weighted by atomic mass is 32.2. The monoisotopic (exact) mass is 378 g/mol. The van der Waals surface area contributed by atoms with Crippen LogP contribution in [-0.2, 0) is 6.42 Å². The lowest BCUT2D eigenvalue weighted by molar-refractivity contribution is 0.622. The summed E-state index contributed by atoms with van der Waals surface area (Å²) in [5.74, 6) is 0.241. The third-order valence-electron chi connectivity index (χ3n) is 4.62. The summed E-state index contributed by atoms with van der Waals surface area (Å²) in [5.41, 5.74) is 2.77. The first kappa shape index (κ1) is 17.7. The number of hydrogen-bond donors (Lipinski definition) is 0. The molecule has 0 radical (unpaired) electrons. The summed E-state index contributed by atoms with van der Waals surface area (Å²) >= 11 is 1.41. The van der Waals surface area contributed by atoms with Crippen LogP contribution < -0.4 is 0 Å². The summed E-state index contributed by atoms with van der Waals surface area (Å²) in [4.78, 5) is 0. The van der Waals surface area contributed by atoms with Gasteiger partial charge in [0, 0.05) is 6.04 Å². The zero-order valence-corrected chi connectivity index (χ0v) is 15.8. The van der Waals surface area contributed by atoms with Crippen molar-refractivity contribution in [2.45, 2.75) is 42.6 Å². The van der Waals surface area contributed by atoms with E-state index in [0.717, 1.165) is 18.4 Å². The highest BCUT2D eigenvalue weighted by Crippen LogP contribution is 2.42. The molecular formula is C21H19FN4S. The van der Waals surface area contributed by atoms with Crippen LogP contribution in [-0.4, -0.2) is 20.0 Å². The van der Waals surface area contributed by atoms with Gasteiger partial charge in [-0.15, -0.1) is 10.2 Å². The van der Waals surface area contributed by atoms with E-state index in [2.05, 4.69) is 40.5 Å². The van der Waals surface area contributed by atoms with Crippen LogP contribution in [0.4, 0.5) is 4.39 Å². The van der Waals surface area contributed by atoms with Gasteiger partial charge in [-0.3, -0.25) is 4.57 Å². The molecule has 4 nitrogen and oxygen atoms in total. The van der Waals surface area contributed by atoms with Gasteiger partial charge in [0.15, 0.2) is 11.0 Å². The average molecular weight is 378 g/mol. The number of rotatable bonds is 6. The van der Waals surface area contributed by atoms with E-state index >= 15 is 0 Å². The van der Waals surface area contributed by atoms with E-state index in [9.17, 15) is 9.65 Å². The Kier molecular flexibility index (Phi) is 4.95. The highest BCUT2D eigenvalue weighted by Gasteiger charge is 2.31. The van der Waals surface area contributed by atoms with Crippen molar-refractivity contribution in [1.82, 2.24) is 14.8 Å². The van der Waals surface area contributed by atoms with Gasteiger partial charge in [-0.05, 0) is 43.9 Å². The van der Waals surface area contributed by atoms with Crippen LogP contribution >= 0.6 is 11.8 Å². The quantitative estimate of drug-likeness (QED) is 0.569. The predicted octanol–water partition coefficient (Wildman–Crippen LogP) is 4.95. The van der Waals surface area contributed by atoms with Gasteiger partial charge >= 0.3 is 0 Å². The maximum Gasteiger partial charge on any atom is 0.193 e. The van der Waals surface area contributed by atoms with Gasteiger partial charge in [0.25, 0.3) is 0 Å². The average Bonchev–Trinajstić information content (AvgIpc) is 3.44. The summed E-state index contributed by atoms with van der Waals surface area (Å²) in [6, 6.07) is 17.5. The zero-order chi connectivity index (χ0) is 18.8. The Morgan fingerprint density at radius 1 is 1.19 bits per heavy atom. The molecule has 1 aromatic heterocycles. The van der Waals surface area contributed by atoms with Gasteiger partial charge < -0.3 is 0 Å². The van der Waals surface area contributed by atoms with Crippen molar-refractivity contribution in [2.75, 3.05) is 0 Å². The van der Waals surface area contributed by atoms with Gasteiger partial charge in [-0.1, -0.05) is 53.7 Å². The number of halogens is 1. The van der Waals surface area contributed by atoms with E-state index in [1.807, 2.05) is 11.5 Å². The van der Waals surface area contributed by atoms with Crippen molar-refractivity contribution in [3.8, 4) is 17.5 Å². The number of hydrogen-bond acceptors (Lipinski definition) is 4. The molecule has 4 rings (SSSR count). The van der Waals surface area contributed by atoms with Gasteiger partial charge in [-0.25, -0.2) is 4.39 Å².